The van der Waals surface area contributed by atoms with Crippen molar-refractivity contribution in [2.24, 2.45) is 22.7 Å². The lowest BCUT2D eigenvalue weighted by molar-refractivity contribution is -0.113. The summed E-state index contributed by atoms with van der Waals surface area (Å²) >= 11 is 0. The summed E-state index contributed by atoms with van der Waals surface area (Å²) in [4.78, 5) is 0. The lowest BCUT2D eigenvalue weighted by Gasteiger charge is -2.48. The van der Waals surface area contributed by atoms with E-state index in [0.29, 0.717) is 18.4 Å². The molecular formula is C14H27FO. The molecule has 3 atom stereocenters. The van der Waals surface area contributed by atoms with Gasteiger partial charge >= 0.3 is 0 Å². The second-order valence-electron chi connectivity index (χ2n) is 7.29. The summed E-state index contributed by atoms with van der Waals surface area (Å²) in [6, 6.07) is 0. The summed E-state index contributed by atoms with van der Waals surface area (Å²) < 4.78 is 18.4. The van der Waals surface area contributed by atoms with Gasteiger partial charge in [0.25, 0.3) is 0 Å². The van der Waals surface area contributed by atoms with Crippen molar-refractivity contribution < 1.29 is 9.13 Å². The van der Waals surface area contributed by atoms with Crippen LogP contribution in [0.5, 0.6) is 0 Å². The van der Waals surface area contributed by atoms with Crippen LogP contribution in [0.15, 0.2) is 0 Å². The van der Waals surface area contributed by atoms with Crippen LogP contribution in [-0.2, 0) is 4.74 Å². The van der Waals surface area contributed by atoms with Crippen molar-refractivity contribution >= 4 is 0 Å². The fraction of sp³-hybridized carbons (Fsp3) is 1.00. The van der Waals surface area contributed by atoms with E-state index in [1.54, 1.807) is 0 Å². The second-order valence-corrected chi connectivity index (χ2v) is 7.29. The molecule has 1 aliphatic heterocycles. The van der Waals surface area contributed by atoms with Crippen LogP contribution in [0.1, 0.15) is 48.0 Å². The first-order chi connectivity index (χ1) is 7.16. The van der Waals surface area contributed by atoms with Crippen molar-refractivity contribution in [3.8, 4) is 0 Å². The highest BCUT2D eigenvalue weighted by Gasteiger charge is 2.43. The Kier molecular flexibility index (Phi) is 4.04. The van der Waals surface area contributed by atoms with E-state index in [0.717, 1.165) is 6.42 Å². The number of halogens is 1. The number of hydrogen-bond donors (Lipinski definition) is 0. The molecule has 0 aromatic heterocycles. The van der Waals surface area contributed by atoms with E-state index >= 15 is 0 Å². The maximum atomic E-state index is 12.7. The lowest BCUT2D eigenvalue weighted by atomic mass is 9.62. The van der Waals surface area contributed by atoms with E-state index in [2.05, 4.69) is 41.5 Å². The Morgan fingerprint density at radius 1 is 1.00 bits per heavy atom. The van der Waals surface area contributed by atoms with Crippen LogP contribution < -0.4 is 0 Å². The normalized spacial score (nSPS) is 32.8. The molecule has 0 aliphatic carbocycles. The average Bonchev–Trinajstić information content (AvgIpc) is 2.14. The van der Waals surface area contributed by atoms with Crippen LogP contribution in [0.2, 0.25) is 0 Å². The summed E-state index contributed by atoms with van der Waals surface area (Å²) in [5.74, 6) is 1.07. The predicted molar refractivity (Wildman–Crippen MR) is 66.2 cm³/mol. The van der Waals surface area contributed by atoms with Gasteiger partial charge in [0.15, 0.2) is 0 Å². The van der Waals surface area contributed by atoms with Crippen LogP contribution >= 0.6 is 0 Å². The van der Waals surface area contributed by atoms with E-state index in [4.69, 9.17) is 4.74 Å². The zero-order chi connectivity index (χ0) is 12.6. The fourth-order valence-corrected chi connectivity index (χ4v) is 2.79. The molecule has 0 aromatic rings. The van der Waals surface area contributed by atoms with Crippen molar-refractivity contribution in [3.05, 3.63) is 0 Å². The van der Waals surface area contributed by atoms with Gasteiger partial charge in [-0.15, -0.1) is 0 Å². The summed E-state index contributed by atoms with van der Waals surface area (Å²) in [7, 11) is 0. The molecule has 1 fully saturated rings. The first-order valence-electron chi connectivity index (χ1n) is 6.34. The molecule has 96 valence electrons. The van der Waals surface area contributed by atoms with Gasteiger partial charge in [-0.25, -0.2) is 4.39 Å². The maximum absolute atomic E-state index is 12.7. The summed E-state index contributed by atoms with van der Waals surface area (Å²) in [5, 5.41) is 0. The zero-order valence-electron chi connectivity index (χ0n) is 11.6. The van der Waals surface area contributed by atoms with Crippen molar-refractivity contribution in [3.63, 3.8) is 0 Å². The van der Waals surface area contributed by atoms with E-state index < -0.39 is 0 Å². The van der Waals surface area contributed by atoms with Crippen LogP contribution in [0.25, 0.3) is 0 Å². The molecule has 0 spiro atoms. The number of alkyl halides is 1. The Bertz CT molecular complexity index is 224. The Labute approximate surface area is 99.8 Å². The Hall–Kier alpha value is -0.110. The molecule has 2 heteroatoms. The average molecular weight is 230 g/mol. The highest BCUT2D eigenvalue weighted by molar-refractivity contribution is 4.91. The highest BCUT2D eigenvalue weighted by atomic mass is 19.1. The standard InChI is InChI=1S/C14H27FO/c1-13(2,3)11-7-10(8-15)16-9-12(11)14(4,5)6/h10-12H,7-9H2,1-6H3/t10?,11-,12?/m0/s1. The predicted octanol–water partition coefficient (Wildman–Crippen LogP) is 4.07. The van der Waals surface area contributed by atoms with Gasteiger partial charge in [0.1, 0.15) is 6.67 Å². The first kappa shape index (κ1) is 14.0. The Balaban J connectivity index is 2.85. The molecule has 16 heavy (non-hydrogen) atoms. The van der Waals surface area contributed by atoms with E-state index in [1.807, 2.05) is 0 Å². The van der Waals surface area contributed by atoms with Gasteiger partial charge in [0, 0.05) is 0 Å². The van der Waals surface area contributed by atoms with Gasteiger partial charge in [-0.3, -0.25) is 0 Å². The molecule has 0 amide bonds. The summed E-state index contributed by atoms with van der Waals surface area (Å²) in [5.41, 5.74) is 0.467. The minimum atomic E-state index is -0.344. The van der Waals surface area contributed by atoms with Crippen LogP contribution in [0.3, 0.4) is 0 Å². The van der Waals surface area contributed by atoms with E-state index in [9.17, 15) is 4.39 Å². The third-order valence-electron chi connectivity index (χ3n) is 3.91. The SMILES string of the molecule is CC(C)(C)C1COC(CF)C[C@@H]1C(C)(C)C. The summed E-state index contributed by atoms with van der Waals surface area (Å²) in [6.45, 7) is 13.9. The molecule has 1 heterocycles. The van der Waals surface area contributed by atoms with E-state index in [1.165, 1.54) is 0 Å². The monoisotopic (exact) mass is 230 g/mol. The lowest BCUT2D eigenvalue weighted by Crippen LogP contribution is -2.46. The van der Waals surface area contributed by atoms with Gasteiger partial charge in [-0.2, -0.15) is 0 Å². The van der Waals surface area contributed by atoms with Crippen molar-refractivity contribution in [1.29, 1.82) is 0 Å². The molecule has 1 saturated heterocycles. The van der Waals surface area contributed by atoms with Gasteiger partial charge in [-0.1, -0.05) is 41.5 Å². The molecule has 0 aromatic carbocycles. The minimum absolute atomic E-state index is 0.178. The molecule has 0 N–H and O–H groups in total. The number of ether oxygens (including phenoxy) is 1. The molecule has 0 saturated carbocycles. The van der Waals surface area contributed by atoms with Crippen LogP contribution in [0.4, 0.5) is 4.39 Å². The Morgan fingerprint density at radius 2 is 1.50 bits per heavy atom. The largest absolute Gasteiger partial charge is 0.375 e. The third-order valence-corrected chi connectivity index (χ3v) is 3.91. The fourth-order valence-electron chi connectivity index (χ4n) is 2.79. The Morgan fingerprint density at radius 3 is 1.88 bits per heavy atom. The summed E-state index contributed by atoms with van der Waals surface area (Å²) in [6.07, 6.45) is 0.685. The van der Waals surface area contributed by atoms with Gasteiger partial charge < -0.3 is 4.74 Å². The van der Waals surface area contributed by atoms with Gasteiger partial charge in [-0.05, 0) is 29.1 Å². The van der Waals surface area contributed by atoms with Crippen LogP contribution in [0, 0.1) is 22.7 Å². The highest BCUT2D eigenvalue weighted by Crippen LogP contribution is 2.46. The second kappa shape index (κ2) is 4.64. The topological polar surface area (TPSA) is 9.23 Å². The zero-order valence-corrected chi connectivity index (χ0v) is 11.6. The quantitative estimate of drug-likeness (QED) is 0.660. The van der Waals surface area contributed by atoms with E-state index in [-0.39, 0.29) is 23.6 Å². The molecule has 1 aliphatic rings. The van der Waals surface area contributed by atoms with Gasteiger partial charge in [0.05, 0.1) is 12.7 Å². The third kappa shape index (κ3) is 3.19. The first-order valence-corrected chi connectivity index (χ1v) is 6.34. The van der Waals surface area contributed by atoms with Crippen molar-refractivity contribution in [1.82, 2.24) is 0 Å². The minimum Gasteiger partial charge on any atom is -0.375 e. The smallest absolute Gasteiger partial charge is 0.116 e. The maximum Gasteiger partial charge on any atom is 0.116 e. The molecule has 1 rings (SSSR count). The molecular weight excluding hydrogens is 203 g/mol. The molecule has 0 radical (unpaired) electrons. The van der Waals surface area contributed by atoms with Gasteiger partial charge in [0.2, 0.25) is 0 Å². The molecule has 2 unspecified atom stereocenters. The number of rotatable bonds is 1. The molecule has 0 bridgehead atoms. The van der Waals surface area contributed by atoms with Crippen LogP contribution in [-0.4, -0.2) is 19.4 Å². The van der Waals surface area contributed by atoms with Crippen molar-refractivity contribution in [2.75, 3.05) is 13.3 Å². The molecule has 1 nitrogen and oxygen atoms in total. The van der Waals surface area contributed by atoms with Crippen molar-refractivity contribution in [2.45, 2.75) is 54.1 Å². The number of hydrogen-bond acceptors (Lipinski definition) is 1.